The van der Waals surface area contributed by atoms with Gasteiger partial charge in [0.1, 0.15) is 11.3 Å². The number of para-hydroxylation sites is 1. The Morgan fingerprint density at radius 3 is 3.19 bits per heavy atom. The van der Waals surface area contributed by atoms with Gasteiger partial charge < -0.3 is 10.4 Å². The zero-order valence-corrected chi connectivity index (χ0v) is 9.03. The molecule has 1 aliphatic rings. The zero-order valence-electron chi connectivity index (χ0n) is 9.03. The van der Waals surface area contributed by atoms with Gasteiger partial charge in [0.15, 0.2) is 0 Å². The second-order valence-electron chi connectivity index (χ2n) is 4.44. The Labute approximate surface area is 93.7 Å². The fourth-order valence-corrected chi connectivity index (χ4v) is 2.41. The van der Waals surface area contributed by atoms with Crippen LogP contribution in [-0.2, 0) is 6.42 Å². The van der Waals surface area contributed by atoms with Crippen LogP contribution < -0.4 is 5.32 Å². The Kier molecular flexibility index (Phi) is 2.29. The van der Waals surface area contributed by atoms with Gasteiger partial charge in [-0.3, -0.25) is 5.10 Å². The van der Waals surface area contributed by atoms with Crippen molar-refractivity contribution in [2.24, 2.45) is 5.92 Å². The SMILES string of the molecule is Oc1cccc2c(CC3CCNC3)[nH]nc12. The quantitative estimate of drug-likeness (QED) is 0.713. The lowest BCUT2D eigenvalue weighted by Crippen LogP contribution is -2.11. The number of nitrogens with one attached hydrogen (secondary N) is 2. The number of aromatic amines is 1. The smallest absolute Gasteiger partial charge is 0.143 e. The predicted octanol–water partition coefficient (Wildman–Crippen LogP) is 1.42. The minimum Gasteiger partial charge on any atom is -0.506 e. The topological polar surface area (TPSA) is 60.9 Å². The molecule has 1 fully saturated rings. The van der Waals surface area contributed by atoms with Gasteiger partial charge in [0.05, 0.1) is 0 Å². The van der Waals surface area contributed by atoms with Crippen molar-refractivity contribution >= 4 is 10.9 Å². The van der Waals surface area contributed by atoms with Crippen molar-refractivity contribution in [2.45, 2.75) is 12.8 Å². The molecule has 0 saturated carbocycles. The number of phenolic OH excluding ortho intramolecular Hbond substituents is 1. The van der Waals surface area contributed by atoms with Crippen molar-refractivity contribution in [3.63, 3.8) is 0 Å². The first-order chi connectivity index (χ1) is 7.84. The van der Waals surface area contributed by atoms with Crippen molar-refractivity contribution in [1.29, 1.82) is 0 Å². The lowest BCUT2D eigenvalue weighted by Gasteiger charge is -2.05. The third-order valence-electron chi connectivity index (χ3n) is 3.30. The number of hydrogen-bond donors (Lipinski definition) is 3. The molecular formula is C12H15N3O. The molecule has 3 rings (SSSR count). The normalized spacial score (nSPS) is 20.6. The van der Waals surface area contributed by atoms with Gasteiger partial charge in [0.2, 0.25) is 0 Å². The molecule has 4 nitrogen and oxygen atoms in total. The molecule has 0 amide bonds. The van der Waals surface area contributed by atoms with Crippen LogP contribution in [0.4, 0.5) is 0 Å². The largest absolute Gasteiger partial charge is 0.506 e. The van der Waals surface area contributed by atoms with Crippen molar-refractivity contribution in [2.75, 3.05) is 13.1 Å². The van der Waals surface area contributed by atoms with Crippen molar-refractivity contribution in [3.8, 4) is 5.75 Å². The molecule has 1 atom stereocenters. The Hall–Kier alpha value is -1.55. The Morgan fingerprint density at radius 1 is 1.44 bits per heavy atom. The van der Waals surface area contributed by atoms with Gasteiger partial charge in [0.25, 0.3) is 0 Å². The number of hydrogen-bond acceptors (Lipinski definition) is 3. The van der Waals surface area contributed by atoms with E-state index in [1.54, 1.807) is 6.07 Å². The molecule has 1 aromatic carbocycles. The minimum absolute atomic E-state index is 0.254. The summed E-state index contributed by atoms with van der Waals surface area (Å²) >= 11 is 0. The van der Waals surface area contributed by atoms with Crippen LogP contribution in [0.15, 0.2) is 18.2 Å². The number of fused-ring (bicyclic) bond motifs is 1. The fourth-order valence-electron chi connectivity index (χ4n) is 2.41. The highest BCUT2D eigenvalue weighted by atomic mass is 16.3. The van der Waals surface area contributed by atoms with Crippen molar-refractivity contribution < 1.29 is 5.11 Å². The second-order valence-corrected chi connectivity index (χ2v) is 4.44. The maximum Gasteiger partial charge on any atom is 0.143 e. The molecule has 16 heavy (non-hydrogen) atoms. The van der Waals surface area contributed by atoms with E-state index in [2.05, 4.69) is 15.5 Å². The van der Waals surface area contributed by atoms with E-state index in [0.29, 0.717) is 11.4 Å². The number of nitrogens with zero attached hydrogens (tertiary/aromatic N) is 1. The lowest BCUT2D eigenvalue weighted by atomic mass is 10.0. The third kappa shape index (κ3) is 1.55. The van der Waals surface area contributed by atoms with Crippen LogP contribution in [0.5, 0.6) is 5.75 Å². The Morgan fingerprint density at radius 2 is 2.38 bits per heavy atom. The second kappa shape index (κ2) is 3.79. The van der Waals surface area contributed by atoms with Crippen LogP contribution in [0.2, 0.25) is 0 Å². The molecule has 2 aromatic rings. The fraction of sp³-hybridized carbons (Fsp3) is 0.417. The maximum atomic E-state index is 9.65. The molecule has 0 bridgehead atoms. The number of aromatic nitrogens is 2. The Bertz CT molecular complexity index is 500. The molecule has 1 aliphatic heterocycles. The highest BCUT2D eigenvalue weighted by Gasteiger charge is 2.17. The monoisotopic (exact) mass is 217 g/mol. The number of benzene rings is 1. The van der Waals surface area contributed by atoms with Gasteiger partial charge in [-0.05, 0) is 37.9 Å². The summed E-state index contributed by atoms with van der Waals surface area (Å²) in [4.78, 5) is 0. The molecule has 3 N–H and O–H groups in total. The van der Waals surface area contributed by atoms with E-state index in [-0.39, 0.29) is 5.75 Å². The average Bonchev–Trinajstić information content (AvgIpc) is 2.90. The average molecular weight is 217 g/mol. The minimum atomic E-state index is 0.254. The number of phenols is 1. The van der Waals surface area contributed by atoms with Crippen LogP contribution >= 0.6 is 0 Å². The van der Waals surface area contributed by atoms with E-state index in [1.807, 2.05) is 12.1 Å². The van der Waals surface area contributed by atoms with Crippen LogP contribution in [0.25, 0.3) is 10.9 Å². The number of rotatable bonds is 2. The van der Waals surface area contributed by atoms with E-state index in [9.17, 15) is 5.11 Å². The summed E-state index contributed by atoms with van der Waals surface area (Å²) in [5, 5.41) is 21.3. The molecule has 0 aliphatic carbocycles. The van der Waals surface area contributed by atoms with E-state index in [4.69, 9.17) is 0 Å². The van der Waals surface area contributed by atoms with Crippen molar-refractivity contribution in [1.82, 2.24) is 15.5 Å². The van der Waals surface area contributed by atoms with Crippen LogP contribution in [0.3, 0.4) is 0 Å². The van der Waals surface area contributed by atoms with E-state index >= 15 is 0 Å². The highest BCUT2D eigenvalue weighted by Crippen LogP contribution is 2.26. The van der Waals surface area contributed by atoms with Crippen LogP contribution in [0.1, 0.15) is 12.1 Å². The molecule has 1 aromatic heterocycles. The molecule has 2 heterocycles. The van der Waals surface area contributed by atoms with Gasteiger partial charge in [-0.1, -0.05) is 12.1 Å². The molecule has 0 spiro atoms. The van der Waals surface area contributed by atoms with Gasteiger partial charge >= 0.3 is 0 Å². The summed E-state index contributed by atoms with van der Waals surface area (Å²) in [7, 11) is 0. The first-order valence-electron chi connectivity index (χ1n) is 5.70. The summed E-state index contributed by atoms with van der Waals surface area (Å²) < 4.78 is 0. The van der Waals surface area contributed by atoms with Gasteiger partial charge in [0, 0.05) is 11.1 Å². The zero-order chi connectivity index (χ0) is 11.0. The third-order valence-corrected chi connectivity index (χ3v) is 3.30. The molecule has 84 valence electrons. The standard InChI is InChI=1S/C12H15N3O/c16-11-3-1-2-9-10(14-15-12(9)11)6-8-4-5-13-7-8/h1-3,8,13,16H,4-7H2,(H,14,15). The summed E-state index contributed by atoms with van der Waals surface area (Å²) in [5.74, 6) is 0.940. The number of H-pyrrole nitrogens is 1. The van der Waals surface area contributed by atoms with Gasteiger partial charge in [-0.2, -0.15) is 5.10 Å². The van der Waals surface area contributed by atoms with Crippen LogP contribution in [-0.4, -0.2) is 28.4 Å². The summed E-state index contributed by atoms with van der Waals surface area (Å²) in [6.45, 7) is 2.20. The van der Waals surface area contributed by atoms with E-state index < -0.39 is 0 Å². The van der Waals surface area contributed by atoms with Crippen molar-refractivity contribution in [3.05, 3.63) is 23.9 Å². The van der Waals surface area contributed by atoms with E-state index in [0.717, 1.165) is 30.6 Å². The Balaban J connectivity index is 1.94. The molecular weight excluding hydrogens is 202 g/mol. The first kappa shape index (κ1) is 9.66. The maximum absolute atomic E-state index is 9.65. The molecule has 1 saturated heterocycles. The summed E-state index contributed by atoms with van der Waals surface area (Å²) in [6.07, 6.45) is 2.23. The van der Waals surface area contributed by atoms with Gasteiger partial charge in [-0.25, -0.2) is 0 Å². The highest BCUT2D eigenvalue weighted by molar-refractivity contribution is 5.86. The van der Waals surface area contributed by atoms with Crippen LogP contribution in [0, 0.1) is 5.92 Å². The summed E-state index contributed by atoms with van der Waals surface area (Å²) in [6, 6.07) is 5.55. The molecule has 1 unspecified atom stereocenters. The van der Waals surface area contributed by atoms with Gasteiger partial charge in [-0.15, -0.1) is 0 Å². The predicted molar refractivity (Wildman–Crippen MR) is 62.4 cm³/mol. The molecule has 4 heteroatoms. The number of aromatic hydroxyl groups is 1. The van der Waals surface area contributed by atoms with E-state index in [1.165, 1.54) is 6.42 Å². The molecule has 0 radical (unpaired) electrons. The lowest BCUT2D eigenvalue weighted by molar-refractivity contribution is 0.480. The first-order valence-corrected chi connectivity index (χ1v) is 5.70. The summed E-state index contributed by atoms with van der Waals surface area (Å²) in [5.41, 5.74) is 1.82.